The number of hydrogen-bond donors (Lipinski definition) is 4. The van der Waals surface area contributed by atoms with Gasteiger partial charge in [-0.3, -0.25) is 24.0 Å². The number of nitrogens with zero attached hydrogens (tertiary/aromatic N) is 3. The molecule has 0 saturated carbocycles. The Labute approximate surface area is 289 Å². The number of rotatable bonds is 8. The largest absolute Gasteiger partial charge is 0.356 e. The van der Waals surface area contributed by atoms with Gasteiger partial charge in [-0.15, -0.1) is 22.7 Å². The second-order valence-electron chi connectivity index (χ2n) is 12.3. The van der Waals surface area contributed by atoms with Crippen molar-refractivity contribution < 1.29 is 24.0 Å². The summed E-state index contributed by atoms with van der Waals surface area (Å²) in [5.41, 5.74) is 1.52. The molecular formula is C34H45N7O5S2. The van der Waals surface area contributed by atoms with Crippen molar-refractivity contribution >= 4 is 52.2 Å². The summed E-state index contributed by atoms with van der Waals surface area (Å²) >= 11 is 2.64. The number of thiazole rings is 2. The lowest BCUT2D eigenvalue weighted by molar-refractivity contribution is -0.132. The van der Waals surface area contributed by atoms with Crippen molar-refractivity contribution in [3.05, 3.63) is 68.1 Å². The molecule has 1 aliphatic heterocycles. The van der Waals surface area contributed by atoms with Crippen LogP contribution in [0.15, 0.2) is 41.1 Å². The van der Waals surface area contributed by atoms with Crippen LogP contribution in [-0.4, -0.2) is 70.6 Å². The zero-order chi connectivity index (χ0) is 34.5. The van der Waals surface area contributed by atoms with Crippen LogP contribution >= 0.6 is 22.7 Å². The minimum absolute atomic E-state index is 0.0655. The van der Waals surface area contributed by atoms with Crippen molar-refractivity contribution in [2.75, 3.05) is 26.2 Å². The summed E-state index contributed by atoms with van der Waals surface area (Å²) in [6.07, 6.45) is 3.08. The average molecular weight is 696 g/mol. The Bertz CT molecular complexity index is 1540. The first-order valence-electron chi connectivity index (χ1n) is 16.4. The summed E-state index contributed by atoms with van der Waals surface area (Å²) in [5, 5.41) is 16.4. The molecule has 2 atom stereocenters. The van der Waals surface area contributed by atoms with E-state index in [1.54, 1.807) is 15.7 Å². The van der Waals surface area contributed by atoms with Gasteiger partial charge >= 0.3 is 0 Å². The van der Waals surface area contributed by atoms with Crippen LogP contribution in [-0.2, 0) is 20.8 Å². The van der Waals surface area contributed by atoms with E-state index in [1.165, 1.54) is 29.6 Å². The van der Waals surface area contributed by atoms with E-state index in [4.69, 9.17) is 0 Å². The molecule has 48 heavy (non-hydrogen) atoms. The summed E-state index contributed by atoms with van der Waals surface area (Å²) in [5.74, 6) is -0.790. The SMILES string of the molecule is CC(=O)NCCCC(=O)N1CCCNC(=O)c2csc(n2)[C@H](Cc2ccccc2)NC(=O)c2csc(n2)[C@H](CC(C)C)NC(=O)CCC1. The molecule has 0 spiro atoms. The standard InChI is InChI=1S/C34H45N7O5S2/c1-22(2)18-25-33-40-28(21-48-33)32(46)38-26(19-24-10-5-4-6-11-24)34-39-27(20-47-34)31(45)36-15-9-17-41(16-8-12-29(43)37-25)30(44)13-7-14-35-23(3)42/h4-6,10-11,20-22,25-26H,7-9,12-19H2,1-3H3,(H,35,42)(H,36,45)(H,37,43)(H,38,46)/t25-,26-/m0/s1. The van der Waals surface area contributed by atoms with Crippen molar-refractivity contribution in [2.24, 2.45) is 5.92 Å². The monoisotopic (exact) mass is 695 g/mol. The number of benzene rings is 1. The van der Waals surface area contributed by atoms with E-state index >= 15 is 0 Å². The number of aromatic nitrogens is 2. The molecule has 5 amide bonds. The Morgan fingerprint density at radius 1 is 0.938 bits per heavy atom. The number of amides is 5. The van der Waals surface area contributed by atoms with Gasteiger partial charge in [0.25, 0.3) is 11.8 Å². The Morgan fingerprint density at radius 2 is 1.60 bits per heavy atom. The number of carbonyl (C=O) groups is 5. The van der Waals surface area contributed by atoms with Gasteiger partial charge < -0.3 is 26.2 Å². The van der Waals surface area contributed by atoms with Crippen molar-refractivity contribution in [1.29, 1.82) is 0 Å². The predicted octanol–water partition coefficient (Wildman–Crippen LogP) is 4.18. The van der Waals surface area contributed by atoms with Crippen molar-refractivity contribution in [3.8, 4) is 0 Å². The predicted molar refractivity (Wildman–Crippen MR) is 186 cm³/mol. The molecule has 0 radical (unpaired) electrons. The van der Waals surface area contributed by atoms with Gasteiger partial charge in [0, 0.05) is 56.7 Å². The van der Waals surface area contributed by atoms with Crippen molar-refractivity contribution in [2.45, 2.75) is 77.8 Å². The Balaban J connectivity index is 1.56. The fraction of sp³-hybridized carbons (Fsp3) is 0.500. The molecule has 3 heterocycles. The molecule has 14 heteroatoms. The average Bonchev–Trinajstić information content (AvgIpc) is 3.74. The van der Waals surface area contributed by atoms with Crippen LogP contribution in [0.3, 0.4) is 0 Å². The zero-order valence-corrected chi connectivity index (χ0v) is 29.4. The van der Waals surface area contributed by atoms with Gasteiger partial charge in [0.1, 0.15) is 21.4 Å². The Morgan fingerprint density at radius 3 is 2.29 bits per heavy atom. The highest BCUT2D eigenvalue weighted by molar-refractivity contribution is 7.10. The Kier molecular flexibility index (Phi) is 14.0. The first kappa shape index (κ1) is 36.7. The minimum Gasteiger partial charge on any atom is -0.356 e. The molecule has 1 aromatic carbocycles. The molecule has 4 rings (SSSR count). The van der Waals surface area contributed by atoms with Gasteiger partial charge in [-0.05, 0) is 43.6 Å². The molecular weight excluding hydrogens is 651 g/mol. The number of hydrogen-bond acceptors (Lipinski definition) is 9. The van der Waals surface area contributed by atoms with Crippen molar-refractivity contribution in [3.63, 3.8) is 0 Å². The summed E-state index contributed by atoms with van der Waals surface area (Å²) in [6, 6.07) is 8.89. The second-order valence-corrected chi connectivity index (χ2v) is 14.1. The molecule has 2 aromatic heterocycles. The maximum absolute atomic E-state index is 13.5. The number of fused-ring (bicyclic) bond motifs is 4. The lowest BCUT2D eigenvalue weighted by Crippen LogP contribution is -2.36. The van der Waals surface area contributed by atoms with Gasteiger partial charge in [-0.25, -0.2) is 9.97 Å². The maximum Gasteiger partial charge on any atom is 0.271 e. The highest BCUT2D eigenvalue weighted by Crippen LogP contribution is 2.27. The molecule has 0 aliphatic carbocycles. The third-order valence-corrected chi connectivity index (χ3v) is 9.67. The molecule has 1 aliphatic rings. The topological polar surface area (TPSA) is 162 Å². The maximum atomic E-state index is 13.5. The fourth-order valence-electron chi connectivity index (χ4n) is 5.36. The van der Waals surface area contributed by atoms with Crippen LogP contribution in [0.4, 0.5) is 0 Å². The van der Waals surface area contributed by atoms with Crippen molar-refractivity contribution in [1.82, 2.24) is 36.1 Å². The summed E-state index contributed by atoms with van der Waals surface area (Å²) in [6.45, 7) is 7.10. The minimum atomic E-state index is -0.498. The number of nitrogens with one attached hydrogen (secondary N) is 4. The number of carbonyl (C=O) groups excluding carboxylic acids is 5. The zero-order valence-electron chi connectivity index (χ0n) is 27.8. The van der Waals surface area contributed by atoms with Gasteiger partial charge in [-0.1, -0.05) is 44.2 Å². The molecule has 0 fully saturated rings. The highest BCUT2D eigenvalue weighted by Gasteiger charge is 2.25. The van der Waals surface area contributed by atoms with E-state index in [0.717, 1.165) is 5.56 Å². The van der Waals surface area contributed by atoms with Crippen LogP contribution in [0.2, 0.25) is 0 Å². The van der Waals surface area contributed by atoms with Gasteiger partial charge in [0.05, 0.1) is 12.1 Å². The normalized spacial score (nSPS) is 18.3. The van der Waals surface area contributed by atoms with Gasteiger partial charge in [0.2, 0.25) is 17.7 Å². The van der Waals surface area contributed by atoms with Crippen LogP contribution in [0.1, 0.15) is 108 Å². The van der Waals surface area contributed by atoms with E-state index in [0.29, 0.717) is 68.3 Å². The summed E-state index contributed by atoms with van der Waals surface area (Å²) in [4.78, 5) is 75.0. The van der Waals surface area contributed by atoms with Gasteiger partial charge in [0.15, 0.2) is 0 Å². The quantitative estimate of drug-likeness (QED) is 0.257. The molecule has 258 valence electrons. The van der Waals surface area contributed by atoms with Gasteiger partial charge in [-0.2, -0.15) is 0 Å². The van der Waals surface area contributed by atoms with Crippen LogP contribution < -0.4 is 21.3 Å². The second kappa shape index (κ2) is 18.4. The van der Waals surface area contributed by atoms with E-state index in [9.17, 15) is 24.0 Å². The molecule has 4 N–H and O–H groups in total. The van der Waals surface area contributed by atoms with E-state index in [2.05, 4.69) is 45.1 Å². The third-order valence-electron chi connectivity index (χ3n) is 7.75. The first-order valence-corrected chi connectivity index (χ1v) is 18.2. The molecule has 0 unspecified atom stereocenters. The lowest BCUT2D eigenvalue weighted by Gasteiger charge is -2.23. The molecule has 12 nitrogen and oxygen atoms in total. The fourth-order valence-corrected chi connectivity index (χ4v) is 7.07. The van der Waals surface area contributed by atoms with E-state index in [-0.39, 0.29) is 65.7 Å². The highest BCUT2D eigenvalue weighted by atomic mass is 32.1. The smallest absolute Gasteiger partial charge is 0.271 e. The van der Waals surface area contributed by atoms with Crippen LogP contribution in [0.25, 0.3) is 0 Å². The molecule has 3 aromatic rings. The summed E-state index contributed by atoms with van der Waals surface area (Å²) in [7, 11) is 0. The molecule has 0 saturated heterocycles. The van der Waals surface area contributed by atoms with E-state index in [1.807, 2.05) is 30.3 Å². The van der Waals surface area contributed by atoms with Crippen LogP contribution in [0, 0.1) is 5.92 Å². The Hall–Kier alpha value is -4.17. The third kappa shape index (κ3) is 11.5. The van der Waals surface area contributed by atoms with Crippen LogP contribution in [0.5, 0.6) is 0 Å². The lowest BCUT2D eigenvalue weighted by atomic mass is 10.0. The van der Waals surface area contributed by atoms with E-state index < -0.39 is 6.04 Å². The molecule has 4 bridgehead atoms. The summed E-state index contributed by atoms with van der Waals surface area (Å²) < 4.78 is 0. The first-order chi connectivity index (χ1) is 23.1.